The molecule has 0 saturated carbocycles. The average molecular weight is 194 g/mol. The molecule has 0 aliphatic heterocycles. The van der Waals surface area contributed by atoms with Crippen molar-refractivity contribution in [2.75, 3.05) is 0 Å². The highest BCUT2D eigenvalue weighted by Crippen LogP contribution is 2.15. The summed E-state index contributed by atoms with van der Waals surface area (Å²) in [5.74, 6) is 4.25. The summed E-state index contributed by atoms with van der Waals surface area (Å²) in [5, 5.41) is 0.685. The van der Waals surface area contributed by atoms with Gasteiger partial charge in [-0.05, 0) is 36.6 Å². The number of carbonyl (C=O) groups excluding carboxylic acids is 1. The van der Waals surface area contributed by atoms with Crippen LogP contribution in [-0.2, 0) is 4.79 Å². The van der Waals surface area contributed by atoms with Crippen LogP contribution in [0.25, 0.3) is 0 Å². The van der Waals surface area contributed by atoms with Crippen LogP contribution in [0.5, 0.6) is 0 Å². The van der Waals surface area contributed by atoms with Crippen LogP contribution in [0.15, 0.2) is 18.2 Å². The minimum atomic E-state index is -0.632. The van der Waals surface area contributed by atoms with Crippen LogP contribution in [0.1, 0.15) is 11.1 Å². The predicted octanol–water partition coefficient (Wildman–Crippen LogP) is 1.49. The molecule has 1 rings (SSSR count). The highest BCUT2D eigenvalue weighted by atomic mass is 35.5. The zero-order valence-corrected chi connectivity index (χ0v) is 7.85. The number of hydrogen-bond acceptors (Lipinski definition) is 1. The monoisotopic (exact) mass is 193 g/mol. The van der Waals surface area contributed by atoms with Crippen LogP contribution in [0, 0.1) is 18.8 Å². The van der Waals surface area contributed by atoms with Gasteiger partial charge in [-0.2, -0.15) is 0 Å². The lowest BCUT2D eigenvalue weighted by Gasteiger charge is -1.96. The quantitative estimate of drug-likeness (QED) is 0.624. The Balaban J connectivity index is 3.00. The molecule has 1 amide bonds. The second-order valence-corrected chi connectivity index (χ2v) is 2.99. The first-order valence-corrected chi connectivity index (χ1v) is 4.05. The van der Waals surface area contributed by atoms with Crippen molar-refractivity contribution in [1.82, 2.24) is 0 Å². The third kappa shape index (κ3) is 2.81. The molecule has 3 heteroatoms. The molecule has 0 fully saturated rings. The third-order valence-electron chi connectivity index (χ3n) is 1.49. The van der Waals surface area contributed by atoms with Crippen molar-refractivity contribution in [1.29, 1.82) is 0 Å². The largest absolute Gasteiger partial charge is 0.359 e. The molecule has 1 aromatic carbocycles. The molecular formula is C10H8ClNO. The topological polar surface area (TPSA) is 43.1 Å². The maximum Gasteiger partial charge on any atom is 0.293 e. The van der Waals surface area contributed by atoms with E-state index in [1.165, 1.54) is 0 Å². The number of aryl methyl sites for hydroxylation is 1. The molecule has 0 aliphatic rings. The van der Waals surface area contributed by atoms with Crippen molar-refractivity contribution in [2.24, 2.45) is 5.73 Å². The number of primary amides is 1. The number of carbonyl (C=O) groups is 1. The summed E-state index contributed by atoms with van der Waals surface area (Å²) in [6.07, 6.45) is 0. The summed E-state index contributed by atoms with van der Waals surface area (Å²) < 4.78 is 0. The summed E-state index contributed by atoms with van der Waals surface area (Å²) in [4.78, 5) is 10.3. The van der Waals surface area contributed by atoms with E-state index in [0.717, 1.165) is 11.1 Å². The fraction of sp³-hybridized carbons (Fsp3) is 0.100. The van der Waals surface area contributed by atoms with E-state index >= 15 is 0 Å². The van der Waals surface area contributed by atoms with Crippen LogP contribution >= 0.6 is 11.6 Å². The predicted molar refractivity (Wildman–Crippen MR) is 52.3 cm³/mol. The summed E-state index contributed by atoms with van der Waals surface area (Å²) >= 11 is 5.80. The molecule has 0 unspecified atom stereocenters. The molecule has 0 atom stereocenters. The van der Waals surface area contributed by atoms with Gasteiger partial charge in [0.25, 0.3) is 5.91 Å². The van der Waals surface area contributed by atoms with Gasteiger partial charge in [0.2, 0.25) is 0 Å². The van der Waals surface area contributed by atoms with Gasteiger partial charge in [0.15, 0.2) is 0 Å². The second kappa shape index (κ2) is 3.97. The van der Waals surface area contributed by atoms with Crippen molar-refractivity contribution in [3.8, 4) is 11.8 Å². The minimum absolute atomic E-state index is 0.632. The van der Waals surface area contributed by atoms with Crippen molar-refractivity contribution < 1.29 is 4.79 Å². The Morgan fingerprint density at radius 3 is 2.77 bits per heavy atom. The van der Waals surface area contributed by atoms with Crippen molar-refractivity contribution in [2.45, 2.75) is 6.92 Å². The molecule has 2 N–H and O–H groups in total. The molecule has 0 radical (unpaired) electrons. The lowest BCUT2D eigenvalue weighted by atomic mass is 10.1. The van der Waals surface area contributed by atoms with E-state index in [9.17, 15) is 4.79 Å². The van der Waals surface area contributed by atoms with E-state index in [4.69, 9.17) is 17.3 Å². The summed E-state index contributed by atoms with van der Waals surface area (Å²) in [5.41, 5.74) is 6.54. The lowest BCUT2D eigenvalue weighted by Crippen LogP contribution is -2.06. The maximum absolute atomic E-state index is 10.3. The number of hydrogen-bond donors (Lipinski definition) is 1. The highest BCUT2D eigenvalue weighted by molar-refractivity contribution is 6.31. The SMILES string of the molecule is Cc1cc(C#CC(N)=O)ccc1Cl. The first kappa shape index (κ1) is 9.63. The molecule has 0 bridgehead atoms. The van der Waals surface area contributed by atoms with Gasteiger partial charge in [0.1, 0.15) is 0 Å². The third-order valence-corrected chi connectivity index (χ3v) is 1.91. The van der Waals surface area contributed by atoms with Crippen molar-refractivity contribution in [3.63, 3.8) is 0 Å². The van der Waals surface area contributed by atoms with E-state index in [2.05, 4.69) is 11.8 Å². The van der Waals surface area contributed by atoms with E-state index in [0.29, 0.717) is 5.02 Å². The van der Waals surface area contributed by atoms with Crippen molar-refractivity contribution in [3.05, 3.63) is 34.3 Å². The van der Waals surface area contributed by atoms with Crippen LogP contribution in [0.4, 0.5) is 0 Å². The summed E-state index contributed by atoms with van der Waals surface area (Å²) in [6.45, 7) is 1.87. The Morgan fingerprint density at radius 1 is 1.54 bits per heavy atom. The van der Waals surface area contributed by atoms with Gasteiger partial charge in [-0.1, -0.05) is 17.5 Å². The van der Waals surface area contributed by atoms with E-state index in [1.807, 2.05) is 6.92 Å². The number of nitrogens with two attached hydrogens (primary N) is 1. The molecule has 0 saturated heterocycles. The lowest BCUT2D eigenvalue weighted by molar-refractivity contribution is -0.112. The van der Waals surface area contributed by atoms with E-state index < -0.39 is 5.91 Å². The van der Waals surface area contributed by atoms with Gasteiger partial charge in [-0.15, -0.1) is 0 Å². The standard InChI is InChI=1S/C10H8ClNO/c1-7-6-8(2-4-9(7)11)3-5-10(12)13/h2,4,6H,1H3,(H2,12,13). The molecular weight excluding hydrogens is 186 g/mol. The zero-order chi connectivity index (χ0) is 9.84. The normalized spacial score (nSPS) is 8.77. The Labute approximate surface area is 81.7 Å². The minimum Gasteiger partial charge on any atom is -0.359 e. The molecule has 1 aromatic rings. The van der Waals surface area contributed by atoms with Gasteiger partial charge >= 0.3 is 0 Å². The zero-order valence-electron chi connectivity index (χ0n) is 7.10. The molecule has 0 aliphatic carbocycles. The number of benzene rings is 1. The van der Waals surface area contributed by atoms with Gasteiger partial charge < -0.3 is 5.73 Å². The molecule has 0 heterocycles. The van der Waals surface area contributed by atoms with E-state index in [-0.39, 0.29) is 0 Å². The first-order chi connectivity index (χ1) is 6.09. The average Bonchev–Trinajstić information content (AvgIpc) is 2.07. The number of halogens is 1. The van der Waals surface area contributed by atoms with Crippen LogP contribution in [-0.4, -0.2) is 5.91 Å². The summed E-state index contributed by atoms with van der Waals surface area (Å²) in [7, 11) is 0. The Bertz CT molecular complexity index is 401. The van der Waals surface area contributed by atoms with Crippen LogP contribution in [0.3, 0.4) is 0 Å². The Hall–Kier alpha value is -1.46. The van der Waals surface area contributed by atoms with Gasteiger partial charge in [-0.3, -0.25) is 4.79 Å². The van der Waals surface area contributed by atoms with Crippen molar-refractivity contribution >= 4 is 17.5 Å². The van der Waals surface area contributed by atoms with Crippen LogP contribution < -0.4 is 5.73 Å². The number of rotatable bonds is 0. The first-order valence-electron chi connectivity index (χ1n) is 3.67. The van der Waals surface area contributed by atoms with E-state index in [1.54, 1.807) is 18.2 Å². The Morgan fingerprint density at radius 2 is 2.23 bits per heavy atom. The van der Waals surface area contributed by atoms with Gasteiger partial charge in [0, 0.05) is 10.6 Å². The Kier molecular flexibility index (Phi) is 2.94. The van der Waals surface area contributed by atoms with Crippen LogP contribution in [0.2, 0.25) is 5.02 Å². The van der Waals surface area contributed by atoms with Gasteiger partial charge in [-0.25, -0.2) is 0 Å². The highest BCUT2D eigenvalue weighted by Gasteiger charge is 1.94. The van der Waals surface area contributed by atoms with Gasteiger partial charge in [0.05, 0.1) is 0 Å². The molecule has 2 nitrogen and oxygen atoms in total. The maximum atomic E-state index is 10.3. The summed E-state index contributed by atoms with van der Waals surface area (Å²) in [6, 6.07) is 5.28. The molecule has 13 heavy (non-hydrogen) atoms. The fourth-order valence-corrected chi connectivity index (χ4v) is 0.974. The molecule has 0 aromatic heterocycles. The second-order valence-electron chi connectivity index (χ2n) is 2.58. The smallest absolute Gasteiger partial charge is 0.293 e. The fourth-order valence-electron chi connectivity index (χ4n) is 0.856. The molecule has 0 spiro atoms. The number of amides is 1. The molecule has 66 valence electrons.